The average molecular weight is 378 g/mol. The second kappa shape index (κ2) is 9.47. The number of nitriles is 1. The van der Waals surface area contributed by atoms with Crippen molar-refractivity contribution in [3.8, 4) is 11.8 Å². The Morgan fingerprint density at radius 1 is 1.25 bits per heavy atom. The van der Waals surface area contributed by atoms with E-state index in [2.05, 4.69) is 10.6 Å². The predicted molar refractivity (Wildman–Crippen MR) is 112 cm³/mol. The monoisotopic (exact) mass is 378 g/mol. The number of nitrogens with one attached hydrogen (secondary N) is 2. The lowest BCUT2D eigenvalue weighted by Crippen LogP contribution is -2.28. The molecule has 0 aliphatic rings. The highest BCUT2D eigenvalue weighted by Crippen LogP contribution is 2.27. The van der Waals surface area contributed by atoms with E-state index in [-0.39, 0.29) is 11.6 Å². The van der Waals surface area contributed by atoms with E-state index in [1.807, 2.05) is 64.1 Å². The Labute approximate surface area is 166 Å². The number of anilines is 2. The topological polar surface area (TPSA) is 100 Å². The van der Waals surface area contributed by atoms with Gasteiger partial charge in [-0.1, -0.05) is 23.8 Å². The van der Waals surface area contributed by atoms with Crippen LogP contribution >= 0.6 is 0 Å². The molecule has 0 saturated carbocycles. The molecule has 6 nitrogen and oxygen atoms in total. The van der Waals surface area contributed by atoms with Crippen molar-refractivity contribution in [3.63, 3.8) is 0 Å². The molecule has 0 aliphatic carbocycles. The van der Waals surface area contributed by atoms with Crippen LogP contribution in [0.4, 0.5) is 11.4 Å². The summed E-state index contributed by atoms with van der Waals surface area (Å²) >= 11 is 0. The summed E-state index contributed by atoms with van der Waals surface area (Å²) in [6, 6.07) is 12.9. The van der Waals surface area contributed by atoms with E-state index in [9.17, 15) is 10.1 Å². The maximum absolute atomic E-state index is 12.6. The first-order valence-electron chi connectivity index (χ1n) is 9.12. The van der Waals surface area contributed by atoms with Gasteiger partial charge in [-0.25, -0.2) is 0 Å². The van der Waals surface area contributed by atoms with E-state index in [0.29, 0.717) is 23.7 Å². The maximum Gasteiger partial charge on any atom is 0.263 e. The quantitative estimate of drug-likeness (QED) is 0.384. The van der Waals surface area contributed by atoms with Gasteiger partial charge in [0.25, 0.3) is 5.91 Å². The van der Waals surface area contributed by atoms with Gasteiger partial charge in [-0.05, 0) is 51.5 Å². The van der Waals surface area contributed by atoms with Gasteiger partial charge in [0.1, 0.15) is 17.4 Å². The van der Waals surface area contributed by atoms with Crippen LogP contribution in [0, 0.1) is 25.2 Å². The summed E-state index contributed by atoms with van der Waals surface area (Å²) in [6.45, 7) is 8.21. The zero-order valence-electron chi connectivity index (χ0n) is 16.7. The highest BCUT2D eigenvalue weighted by molar-refractivity contribution is 5.98. The fourth-order valence-electron chi connectivity index (χ4n) is 2.74. The van der Waals surface area contributed by atoms with Gasteiger partial charge in [-0.3, -0.25) is 4.79 Å². The highest BCUT2D eigenvalue weighted by Gasteiger charge is 2.17. The van der Waals surface area contributed by atoms with Gasteiger partial charge in [-0.15, -0.1) is 0 Å². The normalized spacial score (nSPS) is 12.0. The van der Waals surface area contributed by atoms with E-state index in [1.54, 1.807) is 6.07 Å². The van der Waals surface area contributed by atoms with Gasteiger partial charge in [0.05, 0.1) is 24.0 Å². The molecule has 6 heteroatoms. The summed E-state index contributed by atoms with van der Waals surface area (Å²) in [5.41, 5.74) is 10.0. The first-order chi connectivity index (χ1) is 13.3. The van der Waals surface area contributed by atoms with Gasteiger partial charge in [0.2, 0.25) is 0 Å². The van der Waals surface area contributed by atoms with Crippen molar-refractivity contribution in [1.82, 2.24) is 5.32 Å². The zero-order valence-corrected chi connectivity index (χ0v) is 16.7. The fourth-order valence-corrected chi connectivity index (χ4v) is 2.74. The molecule has 0 saturated heterocycles. The zero-order chi connectivity index (χ0) is 20.7. The lowest BCUT2D eigenvalue weighted by Gasteiger charge is -2.18. The summed E-state index contributed by atoms with van der Waals surface area (Å²) in [4.78, 5) is 12.6. The Morgan fingerprint density at radius 2 is 1.93 bits per heavy atom. The van der Waals surface area contributed by atoms with E-state index >= 15 is 0 Å². The van der Waals surface area contributed by atoms with Crippen LogP contribution in [0.2, 0.25) is 0 Å². The number of hydrogen-bond donors (Lipinski definition) is 3. The number of nitrogens with two attached hydrogens (primary N) is 1. The standard InChI is InChI=1S/C22H26N4O2/c1-5-28-21-9-7-14(2)10-18(21)16(4)26-22(27)17(12-23)13-25-20-11-15(3)6-8-19(20)24/h6-11,13,16,25H,5,24H2,1-4H3,(H,26,27)/b17-13-. The third kappa shape index (κ3) is 5.27. The van der Waals surface area contributed by atoms with E-state index in [0.717, 1.165) is 16.7 Å². The lowest BCUT2D eigenvalue weighted by molar-refractivity contribution is -0.117. The van der Waals surface area contributed by atoms with Gasteiger partial charge >= 0.3 is 0 Å². The van der Waals surface area contributed by atoms with Crippen LogP contribution in [0.3, 0.4) is 0 Å². The van der Waals surface area contributed by atoms with Gasteiger partial charge in [0.15, 0.2) is 0 Å². The van der Waals surface area contributed by atoms with E-state index in [1.165, 1.54) is 6.20 Å². The maximum atomic E-state index is 12.6. The second-order valence-electron chi connectivity index (χ2n) is 6.57. The number of hydrogen-bond acceptors (Lipinski definition) is 5. The molecule has 2 aromatic rings. The van der Waals surface area contributed by atoms with Crippen molar-refractivity contribution < 1.29 is 9.53 Å². The van der Waals surface area contributed by atoms with Crippen molar-refractivity contribution >= 4 is 17.3 Å². The fraction of sp³-hybridized carbons (Fsp3) is 0.273. The Balaban J connectivity index is 2.17. The van der Waals surface area contributed by atoms with Crippen LogP contribution in [0.1, 0.15) is 36.6 Å². The predicted octanol–water partition coefficient (Wildman–Crippen LogP) is 3.98. The lowest BCUT2D eigenvalue weighted by atomic mass is 10.0. The van der Waals surface area contributed by atoms with Crippen LogP contribution < -0.4 is 21.1 Å². The molecule has 146 valence electrons. The number of nitrogen functional groups attached to an aromatic ring is 1. The molecular weight excluding hydrogens is 352 g/mol. The van der Waals surface area contributed by atoms with Gasteiger partial charge < -0.3 is 21.1 Å². The number of aryl methyl sites for hydroxylation is 2. The number of amides is 1. The first-order valence-corrected chi connectivity index (χ1v) is 9.12. The molecule has 0 aliphatic heterocycles. The molecule has 0 spiro atoms. The third-order valence-electron chi connectivity index (χ3n) is 4.23. The molecule has 4 N–H and O–H groups in total. The average Bonchev–Trinajstić information content (AvgIpc) is 2.66. The molecule has 0 bridgehead atoms. The minimum Gasteiger partial charge on any atom is -0.494 e. The summed E-state index contributed by atoms with van der Waals surface area (Å²) in [5.74, 6) is 0.242. The molecule has 0 fully saturated rings. The molecule has 0 radical (unpaired) electrons. The molecule has 2 rings (SSSR count). The van der Waals surface area contributed by atoms with Crippen LogP contribution in [0.5, 0.6) is 5.75 Å². The first kappa shape index (κ1) is 20.8. The minimum atomic E-state index is -0.474. The van der Waals surface area contributed by atoms with E-state index in [4.69, 9.17) is 10.5 Å². The summed E-state index contributed by atoms with van der Waals surface area (Å²) < 4.78 is 5.65. The van der Waals surface area contributed by atoms with Gasteiger partial charge in [-0.2, -0.15) is 5.26 Å². The molecule has 0 heterocycles. The molecular formula is C22H26N4O2. The van der Waals surface area contributed by atoms with Gasteiger partial charge in [0, 0.05) is 11.8 Å². The number of carbonyl (C=O) groups excluding carboxylic acids is 1. The smallest absolute Gasteiger partial charge is 0.263 e. The highest BCUT2D eigenvalue weighted by atomic mass is 16.5. The summed E-state index contributed by atoms with van der Waals surface area (Å²) in [6.07, 6.45) is 1.37. The molecule has 1 amide bonds. The number of carbonyl (C=O) groups is 1. The van der Waals surface area contributed by atoms with Crippen LogP contribution in [-0.2, 0) is 4.79 Å². The van der Waals surface area contributed by atoms with Crippen LogP contribution in [-0.4, -0.2) is 12.5 Å². The Kier molecular flexibility index (Phi) is 7.05. The van der Waals surface area contributed by atoms with Crippen molar-refractivity contribution in [2.45, 2.75) is 33.7 Å². The Bertz CT molecular complexity index is 929. The third-order valence-corrected chi connectivity index (χ3v) is 4.23. The molecule has 0 aromatic heterocycles. The Morgan fingerprint density at radius 3 is 2.61 bits per heavy atom. The molecule has 1 atom stereocenters. The largest absolute Gasteiger partial charge is 0.494 e. The van der Waals surface area contributed by atoms with Crippen LogP contribution in [0.15, 0.2) is 48.2 Å². The summed E-state index contributed by atoms with van der Waals surface area (Å²) in [5, 5.41) is 15.2. The molecule has 28 heavy (non-hydrogen) atoms. The second-order valence-corrected chi connectivity index (χ2v) is 6.57. The number of rotatable bonds is 7. The van der Waals surface area contributed by atoms with Crippen molar-refractivity contribution in [3.05, 3.63) is 64.9 Å². The number of benzene rings is 2. The van der Waals surface area contributed by atoms with Crippen molar-refractivity contribution in [2.24, 2.45) is 0 Å². The van der Waals surface area contributed by atoms with Crippen molar-refractivity contribution in [1.29, 1.82) is 5.26 Å². The number of nitrogens with zero attached hydrogens (tertiary/aromatic N) is 1. The van der Waals surface area contributed by atoms with Crippen molar-refractivity contribution in [2.75, 3.05) is 17.7 Å². The van der Waals surface area contributed by atoms with E-state index < -0.39 is 5.91 Å². The summed E-state index contributed by atoms with van der Waals surface area (Å²) in [7, 11) is 0. The number of ether oxygens (including phenoxy) is 1. The SMILES string of the molecule is CCOc1ccc(C)cc1C(C)NC(=O)/C(C#N)=C\Nc1cc(C)ccc1N. The van der Waals surface area contributed by atoms with Crippen LogP contribution in [0.25, 0.3) is 0 Å². The molecule has 2 aromatic carbocycles. The Hall–Kier alpha value is -3.46. The molecule has 1 unspecified atom stereocenters. The minimum absolute atomic E-state index is 0.0432.